The highest BCUT2D eigenvalue weighted by Gasteiger charge is 2.19. The van der Waals surface area contributed by atoms with Gasteiger partial charge in [0, 0.05) is 17.9 Å². The summed E-state index contributed by atoms with van der Waals surface area (Å²) in [6.45, 7) is 26.6. The summed E-state index contributed by atoms with van der Waals surface area (Å²) in [5.74, 6) is 0. The Morgan fingerprint density at radius 1 is 1.07 bits per heavy atom. The maximum Gasteiger partial charge on any atom is 0.0332 e. The zero-order valence-corrected chi connectivity index (χ0v) is 20.0. The lowest BCUT2D eigenvalue weighted by Crippen LogP contribution is -2.16. The van der Waals surface area contributed by atoms with Crippen LogP contribution in [-0.2, 0) is 0 Å². The second kappa shape index (κ2) is 11.0. The quantitative estimate of drug-likeness (QED) is 0.375. The van der Waals surface area contributed by atoms with Crippen LogP contribution in [0.2, 0.25) is 0 Å². The predicted octanol–water partition coefficient (Wildman–Crippen LogP) is 8.44. The highest BCUT2D eigenvalue weighted by atomic mass is 15.2. The summed E-state index contributed by atoms with van der Waals surface area (Å²) in [5, 5.41) is 0. The Morgan fingerprint density at radius 3 is 2.28 bits per heavy atom. The van der Waals surface area contributed by atoms with Crippen LogP contribution in [0.25, 0.3) is 0 Å². The fourth-order valence-corrected chi connectivity index (χ4v) is 3.16. The van der Waals surface area contributed by atoms with Crippen molar-refractivity contribution in [3.63, 3.8) is 0 Å². The average Bonchev–Trinajstić information content (AvgIpc) is 3.01. The van der Waals surface area contributed by atoms with Gasteiger partial charge in [-0.25, -0.2) is 0 Å². The van der Waals surface area contributed by atoms with Crippen LogP contribution in [0.4, 0.5) is 0 Å². The van der Waals surface area contributed by atoms with Crippen molar-refractivity contribution in [1.82, 2.24) is 4.90 Å². The molecule has 0 spiro atoms. The summed E-state index contributed by atoms with van der Waals surface area (Å²) in [4.78, 5) is 2.33. The van der Waals surface area contributed by atoms with Crippen molar-refractivity contribution in [2.75, 3.05) is 6.54 Å². The van der Waals surface area contributed by atoms with Crippen molar-refractivity contribution < 1.29 is 0 Å². The Morgan fingerprint density at radius 2 is 1.72 bits per heavy atom. The lowest BCUT2D eigenvalue weighted by atomic mass is 9.96. The molecule has 0 N–H and O–H groups in total. The van der Waals surface area contributed by atoms with Crippen LogP contribution in [0, 0.1) is 5.41 Å². The van der Waals surface area contributed by atoms with Crippen LogP contribution >= 0.6 is 0 Å². The van der Waals surface area contributed by atoms with E-state index in [0.29, 0.717) is 0 Å². The van der Waals surface area contributed by atoms with E-state index in [2.05, 4.69) is 110 Å². The molecule has 29 heavy (non-hydrogen) atoms. The van der Waals surface area contributed by atoms with E-state index in [9.17, 15) is 0 Å². The van der Waals surface area contributed by atoms with Crippen LogP contribution in [0.15, 0.2) is 94.9 Å². The molecule has 1 heterocycles. The van der Waals surface area contributed by atoms with Gasteiger partial charge in [0.25, 0.3) is 0 Å². The zero-order valence-electron chi connectivity index (χ0n) is 20.0. The van der Waals surface area contributed by atoms with Crippen LogP contribution < -0.4 is 0 Å². The monoisotopic (exact) mass is 391 g/mol. The number of nitrogens with zero attached hydrogens (tertiary/aromatic N) is 1. The first kappa shape index (κ1) is 24.8. The largest absolute Gasteiger partial charge is 0.345 e. The van der Waals surface area contributed by atoms with E-state index in [1.165, 1.54) is 33.6 Å². The highest BCUT2D eigenvalue weighted by Crippen LogP contribution is 2.30. The van der Waals surface area contributed by atoms with Crippen molar-refractivity contribution in [3.05, 3.63) is 94.9 Å². The van der Waals surface area contributed by atoms with Gasteiger partial charge in [-0.2, -0.15) is 0 Å². The molecule has 1 rings (SSSR count). The Balaban J connectivity index is 3.10. The molecule has 1 aliphatic rings. The van der Waals surface area contributed by atoms with Gasteiger partial charge in [0.1, 0.15) is 0 Å². The molecule has 0 radical (unpaired) electrons. The third-order valence-electron chi connectivity index (χ3n) is 5.31. The first-order valence-corrected chi connectivity index (χ1v) is 10.7. The number of hydrogen-bond acceptors (Lipinski definition) is 1. The standard InChI is InChI=1S/C28H41N/c1-11-13-26(15-14-22(4)21(3)12-2)23(5)20-27-17-19-29(25(27)7)24(6)16-18-28(8,9)10/h12-16,18,20H,2,6,11,17,19H2,1,3-5,7-10H3/b15-14-,18-16-,22-21+,23-20+,26-13+. The summed E-state index contributed by atoms with van der Waals surface area (Å²) < 4.78 is 0. The van der Waals surface area contributed by atoms with Crippen molar-refractivity contribution in [2.24, 2.45) is 5.41 Å². The van der Waals surface area contributed by atoms with Gasteiger partial charge < -0.3 is 4.90 Å². The molecule has 0 saturated carbocycles. The summed E-state index contributed by atoms with van der Waals surface area (Å²) in [6, 6.07) is 0. The summed E-state index contributed by atoms with van der Waals surface area (Å²) in [5.41, 5.74) is 9.01. The van der Waals surface area contributed by atoms with E-state index >= 15 is 0 Å². The van der Waals surface area contributed by atoms with Gasteiger partial charge in [-0.15, -0.1) is 0 Å². The minimum atomic E-state index is 0.169. The molecular weight excluding hydrogens is 350 g/mol. The molecule has 0 saturated heterocycles. The molecular formula is C28H41N. The van der Waals surface area contributed by atoms with Crippen molar-refractivity contribution in [1.29, 1.82) is 0 Å². The van der Waals surface area contributed by atoms with Gasteiger partial charge in [-0.1, -0.05) is 77.3 Å². The molecule has 158 valence electrons. The SMILES string of the molecule is C=C/C(C)=C(C)/C=C\C(=C/CC)C(\C)=C\C1=C(C)N(C(=C)/C=C\C(C)(C)C)CC1. The third kappa shape index (κ3) is 7.93. The number of rotatable bonds is 8. The van der Waals surface area contributed by atoms with E-state index in [-0.39, 0.29) is 5.41 Å². The molecule has 0 amide bonds. The van der Waals surface area contributed by atoms with Gasteiger partial charge in [0.2, 0.25) is 0 Å². The van der Waals surface area contributed by atoms with E-state index in [1.54, 1.807) is 0 Å². The fourth-order valence-electron chi connectivity index (χ4n) is 3.16. The summed E-state index contributed by atoms with van der Waals surface area (Å²) in [7, 11) is 0. The Kier molecular flexibility index (Phi) is 9.43. The summed E-state index contributed by atoms with van der Waals surface area (Å²) >= 11 is 0. The smallest absolute Gasteiger partial charge is 0.0332 e. The van der Waals surface area contributed by atoms with Gasteiger partial charge in [-0.05, 0) is 79.9 Å². The molecule has 0 fully saturated rings. The number of hydrogen-bond donors (Lipinski definition) is 0. The number of allylic oxidation sites excluding steroid dienone is 12. The van der Waals surface area contributed by atoms with E-state index < -0.39 is 0 Å². The normalized spacial score (nSPS) is 17.6. The Labute approximate surface area is 180 Å². The molecule has 1 heteroatoms. The minimum Gasteiger partial charge on any atom is -0.345 e. The molecule has 0 aromatic rings. The van der Waals surface area contributed by atoms with Crippen LogP contribution in [0.5, 0.6) is 0 Å². The molecule has 1 nitrogen and oxygen atoms in total. The molecule has 0 bridgehead atoms. The first-order chi connectivity index (χ1) is 13.5. The lowest BCUT2D eigenvalue weighted by Gasteiger charge is -2.21. The van der Waals surface area contributed by atoms with Crippen LogP contribution in [0.3, 0.4) is 0 Å². The summed E-state index contributed by atoms with van der Waals surface area (Å²) in [6.07, 6.45) is 17.4. The Bertz CT molecular complexity index is 798. The van der Waals surface area contributed by atoms with E-state index in [1.807, 2.05) is 6.08 Å². The predicted molar refractivity (Wildman–Crippen MR) is 132 cm³/mol. The van der Waals surface area contributed by atoms with E-state index in [0.717, 1.165) is 25.1 Å². The molecule has 0 unspecified atom stereocenters. The molecule has 0 aliphatic carbocycles. The van der Waals surface area contributed by atoms with Gasteiger partial charge in [0.05, 0.1) is 0 Å². The average molecular weight is 392 g/mol. The van der Waals surface area contributed by atoms with Crippen LogP contribution in [-0.4, -0.2) is 11.4 Å². The second-order valence-corrected chi connectivity index (χ2v) is 9.00. The highest BCUT2D eigenvalue weighted by molar-refractivity contribution is 5.46. The maximum absolute atomic E-state index is 4.29. The lowest BCUT2D eigenvalue weighted by molar-refractivity contribution is 0.479. The van der Waals surface area contributed by atoms with Gasteiger partial charge in [0.15, 0.2) is 0 Å². The van der Waals surface area contributed by atoms with Crippen molar-refractivity contribution in [2.45, 2.75) is 68.2 Å². The van der Waals surface area contributed by atoms with Crippen molar-refractivity contribution >= 4 is 0 Å². The van der Waals surface area contributed by atoms with Gasteiger partial charge >= 0.3 is 0 Å². The Hall–Kier alpha value is -2.28. The van der Waals surface area contributed by atoms with E-state index in [4.69, 9.17) is 0 Å². The second-order valence-electron chi connectivity index (χ2n) is 9.00. The first-order valence-electron chi connectivity index (χ1n) is 10.7. The third-order valence-corrected chi connectivity index (χ3v) is 5.31. The topological polar surface area (TPSA) is 3.24 Å². The zero-order chi connectivity index (χ0) is 22.2. The minimum absolute atomic E-state index is 0.169. The molecule has 1 aliphatic heterocycles. The fraction of sp³-hybridized carbons (Fsp3) is 0.429. The van der Waals surface area contributed by atoms with Crippen LogP contribution in [0.1, 0.15) is 68.2 Å². The van der Waals surface area contributed by atoms with Crippen molar-refractivity contribution in [3.8, 4) is 0 Å². The molecule has 0 atom stereocenters. The maximum atomic E-state index is 4.29. The van der Waals surface area contributed by atoms with Gasteiger partial charge in [-0.3, -0.25) is 0 Å². The molecule has 0 aromatic carbocycles. The molecule has 0 aromatic heterocycles.